The molecule has 1 amide bonds. The van der Waals surface area contributed by atoms with E-state index in [9.17, 15) is 9.59 Å². The molecule has 1 aliphatic rings. The maximum atomic E-state index is 13.2. The van der Waals surface area contributed by atoms with E-state index >= 15 is 0 Å². The van der Waals surface area contributed by atoms with Gasteiger partial charge in [0.05, 0.1) is 5.92 Å². The third kappa shape index (κ3) is 6.92. The van der Waals surface area contributed by atoms with Gasteiger partial charge < -0.3 is 20.3 Å². The van der Waals surface area contributed by atoms with Crippen LogP contribution in [0.2, 0.25) is 0 Å². The number of carbonyl (C=O) groups excluding carboxylic acids is 2. The number of hydrogen-bond acceptors (Lipinski definition) is 5. The largest absolute Gasteiger partial charge is 0.445 e. The molecule has 0 aliphatic carbocycles. The van der Waals surface area contributed by atoms with Crippen molar-refractivity contribution in [1.82, 2.24) is 4.90 Å². The number of hydrogen-bond donors (Lipinski definition) is 1. The van der Waals surface area contributed by atoms with Crippen molar-refractivity contribution < 1.29 is 14.3 Å². The van der Waals surface area contributed by atoms with Crippen LogP contribution in [0.1, 0.15) is 33.7 Å². The van der Waals surface area contributed by atoms with Gasteiger partial charge in [0.25, 0.3) is 0 Å². The Hall–Kier alpha value is -4.94. The summed E-state index contributed by atoms with van der Waals surface area (Å²) >= 11 is 0. The van der Waals surface area contributed by atoms with E-state index < -0.39 is 5.92 Å². The molecule has 1 atom stereocenters. The van der Waals surface area contributed by atoms with E-state index in [0.717, 1.165) is 40.3 Å². The maximum Gasteiger partial charge on any atom is 0.409 e. The second kappa shape index (κ2) is 13.8. The number of carbonyl (C=O) groups is 2. The normalized spacial score (nSPS) is 13.0. The predicted octanol–water partition coefficient (Wildman–Crippen LogP) is 7.20. The summed E-state index contributed by atoms with van der Waals surface area (Å²) in [4.78, 5) is 30.1. The minimum absolute atomic E-state index is 0.0863. The lowest BCUT2D eigenvalue weighted by Gasteiger charge is -2.29. The molecule has 45 heavy (non-hydrogen) atoms. The monoisotopic (exact) mass is 597 g/mol. The number of Topliss-reactive ketones (excluding diaryl/α,β-unsaturated/α-hetero) is 1. The molecule has 0 aromatic heterocycles. The van der Waals surface area contributed by atoms with Crippen LogP contribution in [0.4, 0.5) is 16.2 Å². The van der Waals surface area contributed by atoms with Gasteiger partial charge in [-0.2, -0.15) is 0 Å². The number of benzene rings is 5. The Balaban J connectivity index is 1.04. The number of anilines is 2. The number of aryl methyl sites for hydroxylation is 2. The second-order valence-corrected chi connectivity index (χ2v) is 11.7. The first-order valence-corrected chi connectivity index (χ1v) is 15.6. The van der Waals surface area contributed by atoms with Crippen LogP contribution in [-0.2, 0) is 35.4 Å². The van der Waals surface area contributed by atoms with E-state index in [1.807, 2.05) is 42.5 Å². The van der Waals surface area contributed by atoms with Gasteiger partial charge in [0.2, 0.25) is 0 Å². The molecule has 5 aromatic rings. The number of ketones is 1. The van der Waals surface area contributed by atoms with Gasteiger partial charge in [-0.25, -0.2) is 4.79 Å². The van der Waals surface area contributed by atoms with Crippen LogP contribution < -0.4 is 10.6 Å². The van der Waals surface area contributed by atoms with Crippen molar-refractivity contribution in [3.8, 4) is 0 Å². The molecule has 6 rings (SSSR count). The lowest BCUT2D eigenvalue weighted by atomic mass is 9.90. The zero-order valence-electron chi connectivity index (χ0n) is 25.7. The summed E-state index contributed by atoms with van der Waals surface area (Å²) in [7, 11) is 1.77. The summed E-state index contributed by atoms with van der Waals surface area (Å²) in [5, 5.41) is 2.27. The van der Waals surface area contributed by atoms with Crippen LogP contribution >= 0.6 is 0 Å². The zero-order chi connectivity index (χ0) is 31.2. The topological polar surface area (TPSA) is 75.9 Å². The van der Waals surface area contributed by atoms with Crippen molar-refractivity contribution in [2.45, 2.75) is 31.8 Å². The Bertz CT molecular complexity index is 1750. The van der Waals surface area contributed by atoms with Crippen molar-refractivity contribution in [2.24, 2.45) is 5.73 Å². The molecule has 6 nitrogen and oxygen atoms in total. The fraction of sp³-hybridized carbons (Fsp3) is 0.231. The number of likely N-dealkylation sites (N-methyl/N-ethyl adjacent to an activating group) is 1. The van der Waals surface area contributed by atoms with Crippen LogP contribution in [0.3, 0.4) is 0 Å². The fourth-order valence-electron chi connectivity index (χ4n) is 6.18. The van der Waals surface area contributed by atoms with Gasteiger partial charge in [0.1, 0.15) is 12.4 Å². The van der Waals surface area contributed by atoms with Gasteiger partial charge in [-0.3, -0.25) is 4.79 Å². The second-order valence-electron chi connectivity index (χ2n) is 11.7. The number of nitrogens with two attached hydrogens (primary N) is 1. The molecular weight excluding hydrogens is 558 g/mol. The first-order chi connectivity index (χ1) is 22.0. The highest BCUT2D eigenvalue weighted by Crippen LogP contribution is 2.35. The molecule has 0 saturated carbocycles. The van der Waals surface area contributed by atoms with Crippen LogP contribution in [0.25, 0.3) is 10.8 Å². The van der Waals surface area contributed by atoms with Gasteiger partial charge in [0, 0.05) is 44.5 Å². The van der Waals surface area contributed by atoms with E-state index in [-0.39, 0.29) is 25.0 Å². The molecule has 228 valence electrons. The molecule has 6 heteroatoms. The molecular formula is C39H39N3O3. The van der Waals surface area contributed by atoms with Gasteiger partial charge >= 0.3 is 6.09 Å². The molecule has 1 aliphatic heterocycles. The van der Waals surface area contributed by atoms with E-state index in [1.165, 1.54) is 22.5 Å². The van der Waals surface area contributed by atoms with E-state index in [0.29, 0.717) is 19.5 Å². The summed E-state index contributed by atoms with van der Waals surface area (Å²) in [6.07, 6.45) is 1.93. The Morgan fingerprint density at radius 3 is 2.04 bits per heavy atom. The fourth-order valence-corrected chi connectivity index (χ4v) is 6.18. The van der Waals surface area contributed by atoms with Crippen LogP contribution in [0.5, 0.6) is 0 Å². The highest BCUT2D eigenvalue weighted by atomic mass is 16.6. The lowest BCUT2D eigenvalue weighted by molar-refractivity contribution is -0.119. The number of nitrogens with zero attached hydrogens (tertiary/aromatic N) is 2. The Morgan fingerprint density at radius 1 is 0.778 bits per heavy atom. The Kier molecular flexibility index (Phi) is 9.22. The zero-order valence-corrected chi connectivity index (χ0v) is 25.7. The number of amides is 1. The number of fused-ring (bicyclic) bond motifs is 3. The van der Waals surface area contributed by atoms with E-state index in [4.69, 9.17) is 10.5 Å². The number of ether oxygens (including phenoxy) is 1. The molecule has 1 heterocycles. The predicted molar refractivity (Wildman–Crippen MR) is 181 cm³/mol. The highest BCUT2D eigenvalue weighted by molar-refractivity contribution is 5.90. The summed E-state index contributed by atoms with van der Waals surface area (Å²) in [5.41, 5.74) is 13.8. The van der Waals surface area contributed by atoms with Crippen molar-refractivity contribution in [2.75, 3.05) is 31.6 Å². The summed E-state index contributed by atoms with van der Waals surface area (Å²) < 4.78 is 5.66. The molecule has 0 saturated heterocycles. The minimum atomic E-state index is -0.395. The first-order valence-electron chi connectivity index (χ1n) is 15.6. The average Bonchev–Trinajstić information content (AvgIpc) is 3.23. The SMILES string of the molecule is CN(CCN1c2ccccc2CCc2ccccc21)C(=O)OCc1ccc(C(CN)C(=O)Cc2ccc3ccccc3c2)cc1. The molecule has 0 radical (unpaired) electrons. The Labute approximate surface area is 265 Å². The van der Waals surface area contributed by atoms with Gasteiger partial charge in [0.15, 0.2) is 0 Å². The van der Waals surface area contributed by atoms with Gasteiger partial charge in [-0.05, 0) is 63.6 Å². The van der Waals surface area contributed by atoms with Crippen LogP contribution in [-0.4, -0.2) is 43.5 Å². The quantitative estimate of drug-likeness (QED) is 0.184. The van der Waals surface area contributed by atoms with Crippen molar-refractivity contribution in [1.29, 1.82) is 0 Å². The average molecular weight is 598 g/mol. The smallest absolute Gasteiger partial charge is 0.409 e. The Morgan fingerprint density at radius 2 is 1.38 bits per heavy atom. The molecule has 0 spiro atoms. The van der Waals surface area contributed by atoms with Crippen molar-refractivity contribution in [3.05, 3.63) is 143 Å². The van der Waals surface area contributed by atoms with Gasteiger partial charge in [-0.1, -0.05) is 103 Å². The van der Waals surface area contributed by atoms with Crippen LogP contribution in [0, 0.1) is 0 Å². The molecule has 2 N–H and O–H groups in total. The number of para-hydroxylation sites is 2. The molecule has 5 aromatic carbocycles. The van der Waals surface area contributed by atoms with Crippen molar-refractivity contribution >= 4 is 34.0 Å². The minimum Gasteiger partial charge on any atom is -0.445 e. The van der Waals surface area contributed by atoms with Crippen LogP contribution in [0.15, 0.2) is 115 Å². The van der Waals surface area contributed by atoms with Gasteiger partial charge in [-0.15, -0.1) is 0 Å². The molecule has 0 fully saturated rings. The lowest BCUT2D eigenvalue weighted by Crippen LogP contribution is -2.35. The first kappa shape index (κ1) is 30.1. The highest BCUT2D eigenvalue weighted by Gasteiger charge is 2.22. The maximum absolute atomic E-state index is 13.2. The molecule has 0 bridgehead atoms. The summed E-state index contributed by atoms with van der Waals surface area (Å²) in [6, 6.07) is 38.9. The van der Waals surface area contributed by atoms with Crippen molar-refractivity contribution in [3.63, 3.8) is 0 Å². The standard InChI is InChI=1S/C39H39N3O3/c1-41(22-23-42-36-12-6-4-9-32(36)20-21-33-10-5-7-13-37(33)42)39(44)45-27-28-14-18-31(19-15-28)35(26-40)38(43)25-29-16-17-30-8-2-3-11-34(30)24-29/h2-19,24,35H,20-23,25-27,40H2,1H3. The van der Waals surface area contributed by atoms with E-state index in [1.54, 1.807) is 11.9 Å². The third-order valence-corrected chi connectivity index (χ3v) is 8.76. The number of rotatable bonds is 10. The van der Waals surface area contributed by atoms with E-state index in [2.05, 4.69) is 77.7 Å². The summed E-state index contributed by atoms with van der Waals surface area (Å²) in [5.74, 6) is -0.309. The molecule has 1 unspecified atom stereocenters. The third-order valence-electron chi connectivity index (χ3n) is 8.76. The summed E-state index contributed by atoms with van der Waals surface area (Å²) in [6.45, 7) is 1.55.